The first kappa shape index (κ1) is 18.6. The molecule has 0 spiro atoms. The molecule has 1 aliphatic rings. The van der Waals surface area contributed by atoms with E-state index in [-0.39, 0.29) is 24.0 Å². The van der Waals surface area contributed by atoms with Crippen LogP contribution in [0.4, 0.5) is 0 Å². The highest BCUT2D eigenvalue weighted by Gasteiger charge is 2.21. The quantitative estimate of drug-likeness (QED) is 0.795. The van der Waals surface area contributed by atoms with Gasteiger partial charge in [-0.2, -0.15) is 5.10 Å². The van der Waals surface area contributed by atoms with Crippen molar-refractivity contribution in [3.8, 4) is 0 Å². The molecule has 2 aromatic rings. The maximum atomic E-state index is 12.4. The van der Waals surface area contributed by atoms with E-state index in [4.69, 9.17) is 4.74 Å². The maximum Gasteiger partial charge on any atom is 0.240 e. The second kappa shape index (κ2) is 8.01. The van der Waals surface area contributed by atoms with Crippen LogP contribution in [0.1, 0.15) is 13.8 Å². The van der Waals surface area contributed by atoms with Crippen LogP contribution in [-0.2, 0) is 23.1 Å². The van der Waals surface area contributed by atoms with E-state index in [1.54, 1.807) is 22.5 Å². The largest absolute Gasteiger partial charge is 0.374 e. The second-order valence-corrected chi connectivity index (χ2v) is 7.26. The Balaban J connectivity index is 1.57. The summed E-state index contributed by atoms with van der Waals surface area (Å²) in [5, 5.41) is 7.58. The molecule has 1 N–H and O–H groups in total. The molecule has 0 bridgehead atoms. The highest BCUT2D eigenvalue weighted by atomic mass is 16.5. The molecule has 0 radical (unpaired) electrons. The monoisotopic (exact) mass is 361 g/mol. The van der Waals surface area contributed by atoms with Crippen LogP contribution in [-0.4, -0.2) is 64.0 Å². The van der Waals surface area contributed by atoms with Crippen molar-refractivity contribution in [3.05, 3.63) is 28.7 Å². The van der Waals surface area contributed by atoms with Gasteiger partial charge in [0.15, 0.2) is 5.43 Å². The summed E-state index contributed by atoms with van der Waals surface area (Å²) in [5.41, 5.74) is 0.551. The summed E-state index contributed by atoms with van der Waals surface area (Å²) in [4.78, 5) is 26.6. The molecule has 1 saturated heterocycles. The third-order valence-electron chi connectivity index (χ3n) is 4.54. The third-order valence-corrected chi connectivity index (χ3v) is 4.54. The lowest BCUT2D eigenvalue weighted by atomic mass is 10.2. The fourth-order valence-electron chi connectivity index (χ4n) is 3.42. The van der Waals surface area contributed by atoms with Crippen molar-refractivity contribution >= 4 is 16.9 Å². The van der Waals surface area contributed by atoms with Gasteiger partial charge in [0, 0.05) is 45.5 Å². The molecule has 8 nitrogen and oxygen atoms in total. The zero-order valence-electron chi connectivity index (χ0n) is 15.6. The first-order valence-electron chi connectivity index (χ1n) is 9.06. The van der Waals surface area contributed by atoms with E-state index in [9.17, 15) is 9.59 Å². The Morgan fingerprint density at radius 3 is 3.04 bits per heavy atom. The van der Waals surface area contributed by atoms with Crippen molar-refractivity contribution in [1.82, 2.24) is 24.6 Å². The van der Waals surface area contributed by atoms with Crippen molar-refractivity contribution in [2.24, 2.45) is 13.0 Å². The molecule has 0 aliphatic carbocycles. The number of aromatic nitrogens is 3. The fraction of sp³-hybridized carbons (Fsp3) is 0.611. The van der Waals surface area contributed by atoms with Crippen molar-refractivity contribution in [3.63, 3.8) is 0 Å². The van der Waals surface area contributed by atoms with Crippen molar-refractivity contribution < 1.29 is 9.53 Å². The van der Waals surface area contributed by atoms with E-state index in [0.717, 1.165) is 19.6 Å². The van der Waals surface area contributed by atoms with Crippen LogP contribution < -0.4 is 10.7 Å². The normalized spacial score (nSPS) is 18.5. The van der Waals surface area contributed by atoms with E-state index in [0.29, 0.717) is 30.1 Å². The first-order chi connectivity index (χ1) is 12.4. The van der Waals surface area contributed by atoms with Crippen LogP contribution in [0.2, 0.25) is 0 Å². The molecule has 8 heteroatoms. The molecular weight excluding hydrogens is 334 g/mol. The Morgan fingerprint density at radius 1 is 1.46 bits per heavy atom. The summed E-state index contributed by atoms with van der Waals surface area (Å²) in [6.45, 7) is 8.56. The molecule has 3 rings (SSSR count). The summed E-state index contributed by atoms with van der Waals surface area (Å²) in [5.74, 6) is 0.505. The Hall–Kier alpha value is -2.19. The molecule has 2 aromatic heterocycles. The van der Waals surface area contributed by atoms with Gasteiger partial charge in [0.05, 0.1) is 24.3 Å². The Morgan fingerprint density at radius 2 is 2.27 bits per heavy atom. The molecule has 3 heterocycles. The number of aryl methyl sites for hydroxylation is 1. The highest BCUT2D eigenvalue weighted by molar-refractivity contribution is 5.80. The highest BCUT2D eigenvalue weighted by Crippen LogP contribution is 2.09. The second-order valence-electron chi connectivity index (χ2n) is 7.26. The Bertz CT molecular complexity index is 826. The number of hydrogen-bond donors (Lipinski definition) is 1. The van der Waals surface area contributed by atoms with Crippen LogP contribution in [0.25, 0.3) is 11.0 Å². The lowest BCUT2D eigenvalue weighted by molar-refractivity contribution is -0.122. The van der Waals surface area contributed by atoms with Crippen LogP contribution in [0, 0.1) is 5.92 Å². The number of carbonyl (C=O) groups is 1. The number of morpholine rings is 1. The van der Waals surface area contributed by atoms with E-state index in [1.807, 2.05) is 0 Å². The van der Waals surface area contributed by atoms with E-state index in [1.165, 1.54) is 12.3 Å². The average molecular weight is 361 g/mol. The predicted octanol–water partition coefficient (Wildman–Crippen LogP) is 0.208. The molecule has 0 aromatic carbocycles. The van der Waals surface area contributed by atoms with Gasteiger partial charge >= 0.3 is 0 Å². The molecule has 26 heavy (non-hydrogen) atoms. The molecular formula is C18H27N5O3. The molecule has 1 unspecified atom stereocenters. The minimum absolute atomic E-state index is 0.0113. The minimum atomic E-state index is -0.110. The summed E-state index contributed by atoms with van der Waals surface area (Å²) in [7, 11) is 1.76. The van der Waals surface area contributed by atoms with Crippen LogP contribution >= 0.6 is 0 Å². The molecule has 1 fully saturated rings. The molecule has 1 atom stereocenters. The van der Waals surface area contributed by atoms with Crippen molar-refractivity contribution in [2.75, 3.05) is 32.8 Å². The van der Waals surface area contributed by atoms with Crippen LogP contribution in [0.5, 0.6) is 0 Å². The number of pyridine rings is 1. The predicted molar refractivity (Wildman–Crippen MR) is 99.0 cm³/mol. The zero-order valence-corrected chi connectivity index (χ0v) is 15.6. The standard InChI is InChI=1S/C18H27N5O3/c1-13(2)10-22-6-7-26-14(11-22)8-19-17(25)12-23-5-4-16(24)15-9-20-21(3)18(15)23/h4-5,9,13-14H,6-8,10-12H2,1-3H3,(H,19,25). The number of hydrogen-bond acceptors (Lipinski definition) is 5. The van der Waals surface area contributed by atoms with Gasteiger partial charge in [-0.1, -0.05) is 13.8 Å². The summed E-state index contributed by atoms with van der Waals surface area (Å²) >= 11 is 0. The first-order valence-corrected chi connectivity index (χ1v) is 9.06. The van der Waals surface area contributed by atoms with Gasteiger partial charge in [-0.15, -0.1) is 0 Å². The molecule has 0 saturated carbocycles. The van der Waals surface area contributed by atoms with Crippen LogP contribution in [0.15, 0.2) is 23.3 Å². The van der Waals surface area contributed by atoms with E-state index >= 15 is 0 Å². The molecule has 1 aliphatic heterocycles. The lowest BCUT2D eigenvalue weighted by Crippen LogP contribution is -2.48. The smallest absolute Gasteiger partial charge is 0.240 e. The summed E-state index contributed by atoms with van der Waals surface area (Å²) < 4.78 is 9.12. The van der Waals surface area contributed by atoms with Gasteiger partial charge in [0.1, 0.15) is 12.2 Å². The van der Waals surface area contributed by atoms with Gasteiger partial charge in [-0.05, 0) is 5.92 Å². The SMILES string of the molecule is CC(C)CN1CCOC(CNC(=O)Cn2ccc(=O)c3cnn(C)c32)C1. The van der Waals surface area contributed by atoms with Gasteiger partial charge in [-0.3, -0.25) is 19.2 Å². The number of ether oxygens (including phenoxy) is 1. The van der Waals surface area contributed by atoms with Gasteiger partial charge < -0.3 is 14.6 Å². The average Bonchev–Trinajstić information content (AvgIpc) is 2.98. The van der Waals surface area contributed by atoms with Crippen molar-refractivity contribution in [1.29, 1.82) is 0 Å². The number of nitrogens with zero attached hydrogens (tertiary/aromatic N) is 4. The van der Waals surface area contributed by atoms with Crippen LogP contribution in [0.3, 0.4) is 0 Å². The van der Waals surface area contributed by atoms with Gasteiger partial charge in [0.25, 0.3) is 0 Å². The zero-order chi connectivity index (χ0) is 18.7. The number of carbonyl (C=O) groups excluding carboxylic acids is 1. The number of rotatable bonds is 6. The van der Waals surface area contributed by atoms with E-state index in [2.05, 4.69) is 29.2 Å². The van der Waals surface area contributed by atoms with Crippen molar-refractivity contribution in [2.45, 2.75) is 26.5 Å². The lowest BCUT2D eigenvalue weighted by Gasteiger charge is -2.34. The topological polar surface area (TPSA) is 81.4 Å². The summed E-state index contributed by atoms with van der Waals surface area (Å²) in [6, 6.07) is 1.46. The third kappa shape index (κ3) is 4.31. The Labute approximate surface area is 152 Å². The number of fused-ring (bicyclic) bond motifs is 1. The van der Waals surface area contributed by atoms with Gasteiger partial charge in [0.2, 0.25) is 5.91 Å². The Kier molecular flexibility index (Phi) is 5.73. The number of nitrogens with one attached hydrogen (secondary N) is 1. The van der Waals surface area contributed by atoms with E-state index < -0.39 is 0 Å². The summed E-state index contributed by atoms with van der Waals surface area (Å²) in [6.07, 6.45) is 3.18. The van der Waals surface area contributed by atoms with Gasteiger partial charge in [-0.25, -0.2) is 0 Å². The minimum Gasteiger partial charge on any atom is -0.374 e. The maximum absolute atomic E-state index is 12.4. The fourth-order valence-corrected chi connectivity index (χ4v) is 3.42. The number of amides is 1. The molecule has 1 amide bonds. The molecule has 142 valence electrons.